The van der Waals surface area contributed by atoms with Crippen molar-refractivity contribution >= 4 is 43.4 Å². The topological polar surface area (TPSA) is 4.93 Å². The third kappa shape index (κ3) is 3.61. The first-order valence-corrected chi connectivity index (χ1v) is 14.0. The molecule has 0 bridgehead atoms. The molecule has 0 atom stereocenters. The second-order valence-electron chi connectivity index (χ2n) is 10.7. The fraction of sp³-hybridized carbons (Fsp3) is 0.0256. The van der Waals surface area contributed by atoms with E-state index in [0.29, 0.717) is 0 Å². The van der Waals surface area contributed by atoms with Crippen molar-refractivity contribution in [3.05, 3.63) is 151 Å². The van der Waals surface area contributed by atoms with Crippen molar-refractivity contribution in [2.45, 2.75) is 6.92 Å². The summed E-state index contributed by atoms with van der Waals surface area (Å²) in [5.41, 5.74) is 8.97. The van der Waals surface area contributed by atoms with Crippen LogP contribution >= 0.6 is 0 Å². The van der Waals surface area contributed by atoms with Crippen LogP contribution in [-0.2, 0) is 0 Å². The maximum atomic E-state index is 14.5. The molecule has 0 N–H and O–H groups in total. The van der Waals surface area contributed by atoms with Crippen LogP contribution in [-0.4, -0.2) is 4.57 Å². The lowest BCUT2D eigenvalue weighted by Crippen LogP contribution is -1.95. The van der Waals surface area contributed by atoms with E-state index < -0.39 is 0 Å². The van der Waals surface area contributed by atoms with Crippen molar-refractivity contribution in [3.8, 4) is 27.9 Å². The van der Waals surface area contributed by atoms with Crippen LogP contribution in [0, 0.1) is 12.7 Å². The highest BCUT2D eigenvalue weighted by Crippen LogP contribution is 2.44. The third-order valence-corrected chi connectivity index (χ3v) is 8.39. The number of fused-ring (bicyclic) bond motifs is 5. The number of para-hydroxylation sites is 2. The number of rotatable bonds is 3. The van der Waals surface area contributed by atoms with Gasteiger partial charge in [-0.25, -0.2) is 4.39 Å². The van der Waals surface area contributed by atoms with E-state index in [1.54, 1.807) is 6.07 Å². The minimum Gasteiger partial charge on any atom is -0.309 e. The first kappa shape index (κ1) is 23.7. The van der Waals surface area contributed by atoms with Gasteiger partial charge in [-0.05, 0) is 92.7 Å². The summed E-state index contributed by atoms with van der Waals surface area (Å²) in [7, 11) is 0. The van der Waals surface area contributed by atoms with Gasteiger partial charge in [-0.3, -0.25) is 0 Å². The van der Waals surface area contributed by atoms with Crippen LogP contribution in [0.1, 0.15) is 5.56 Å². The standard InChI is InChI=1S/C39H26FN/c1-25-18-21-27(40)24-35(25)39-33-14-4-2-12-31(33)38(32-13-3-5-15-34(32)39)26-19-22-28(23-20-26)41-36-16-8-6-10-29(36)30-11-7-9-17-37(30)41/h2-24H,1H3. The highest BCUT2D eigenvalue weighted by atomic mass is 19.1. The van der Waals surface area contributed by atoms with Gasteiger partial charge in [0.25, 0.3) is 0 Å². The van der Waals surface area contributed by atoms with Crippen molar-refractivity contribution < 1.29 is 4.39 Å². The van der Waals surface area contributed by atoms with E-state index in [0.717, 1.165) is 49.5 Å². The van der Waals surface area contributed by atoms with Crippen molar-refractivity contribution in [2.75, 3.05) is 0 Å². The average Bonchev–Trinajstić information content (AvgIpc) is 3.36. The molecule has 1 heterocycles. The molecule has 2 heteroatoms. The molecule has 0 fully saturated rings. The van der Waals surface area contributed by atoms with Crippen LogP contribution in [0.25, 0.3) is 71.3 Å². The Kier molecular flexibility index (Phi) is 5.30. The molecule has 1 nitrogen and oxygen atoms in total. The Balaban J connectivity index is 1.38. The Hall–Kier alpha value is -5.21. The van der Waals surface area contributed by atoms with Gasteiger partial charge in [-0.15, -0.1) is 0 Å². The SMILES string of the molecule is Cc1ccc(F)cc1-c1c2ccccc2c(-c2ccc(-n3c4ccccc4c4ccccc43)cc2)c2ccccc12. The summed E-state index contributed by atoms with van der Waals surface area (Å²) in [5, 5.41) is 7.09. The highest BCUT2D eigenvalue weighted by molar-refractivity contribution is 6.21. The quantitative estimate of drug-likeness (QED) is 0.201. The fourth-order valence-electron chi connectivity index (χ4n) is 6.57. The molecule has 7 aromatic carbocycles. The molecule has 0 radical (unpaired) electrons. The number of hydrogen-bond donors (Lipinski definition) is 0. The molecule has 0 amide bonds. The second kappa shape index (κ2) is 9.18. The van der Waals surface area contributed by atoms with Crippen LogP contribution in [0.3, 0.4) is 0 Å². The second-order valence-corrected chi connectivity index (χ2v) is 10.7. The van der Waals surface area contributed by atoms with Crippen LogP contribution in [0.15, 0.2) is 140 Å². The largest absolute Gasteiger partial charge is 0.309 e. The maximum absolute atomic E-state index is 14.5. The van der Waals surface area contributed by atoms with E-state index in [4.69, 9.17) is 0 Å². The Morgan fingerprint density at radius 2 is 0.927 bits per heavy atom. The maximum Gasteiger partial charge on any atom is 0.123 e. The Labute approximate surface area is 237 Å². The molecule has 8 aromatic rings. The van der Waals surface area contributed by atoms with E-state index in [1.807, 2.05) is 6.07 Å². The Morgan fingerprint density at radius 3 is 1.46 bits per heavy atom. The summed E-state index contributed by atoms with van der Waals surface area (Å²) in [5.74, 6) is -0.219. The van der Waals surface area contributed by atoms with E-state index >= 15 is 0 Å². The lowest BCUT2D eigenvalue weighted by Gasteiger charge is -2.19. The normalized spacial score (nSPS) is 11.7. The summed E-state index contributed by atoms with van der Waals surface area (Å²) >= 11 is 0. The molecule has 1 aromatic heterocycles. The van der Waals surface area contributed by atoms with Crippen LogP contribution in [0.2, 0.25) is 0 Å². The minimum absolute atomic E-state index is 0.219. The molecule has 194 valence electrons. The minimum atomic E-state index is -0.219. The summed E-state index contributed by atoms with van der Waals surface area (Å²) < 4.78 is 16.9. The van der Waals surface area contributed by atoms with Gasteiger partial charge < -0.3 is 4.57 Å². The Morgan fingerprint density at radius 1 is 0.463 bits per heavy atom. The molecule has 8 rings (SSSR count). The van der Waals surface area contributed by atoms with Crippen LogP contribution in [0.4, 0.5) is 4.39 Å². The lowest BCUT2D eigenvalue weighted by atomic mass is 9.85. The average molecular weight is 528 g/mol. The van der Waals surface area contributed by atoms with E-state index in [-0.39, 0.29) is 5.82 Å². The van der Waals surface area contributed by atoms with Gasteiger partial charge in [0.2, 0.25) is 0 Å². The van der Waals surface area contributed by atoms with Gasteiger partial charge >= 0.3 is 0 Å². The summed E-state index contributed by atoms with van der Waals surface area (Å²) in [6, 6.07) is 48.2. The number of nitrogens with zero attached hydrogens (tertiary/aromatic N) is 1. The van der Waals surface area contributed by atoms with Crippen molar-refractivity contribution in [1.29, 1.82) is 0 Å². The van der Waals surface area contributed by atoms with Crippen molar-refractivity contribution in [1.82, 2.24) is 4.57 Å². The van der Waals surface area contributed by atoms with Gasteiger partial charge in [0.05, 0.1) is 11.0 Å². The molecule has 41 heavy (non-hydrogen) atoms. The van der Waals surface area contributed by atoms with Crippen LogP contribution in [0.5, 0.6) is 0 Å². The first-order valence-electron chi connectivity index (χ1n) is 14.0. The smallest absolute Gasteiger partial charge is 0.123 e. The predicted molar refractivity (Wildman–Crippen MR) is 171 cm³/mol. The van der Waals surface area contributed by atoms with E-state index in [1.165, 1.54) is 33.4 Å². The molecule has 0 aliphatic carbocycles. The fourth-order valence-corrected chi connectivity index (χ4v) is 6.57. The first-order chi connectivity index (χ1) is 20.2. The summed E-state index contributed by atoms with van der Waals surface area (Å²) in [6.45, 7) is 2.06. The summed E-state index contributed by atoms with van der Waals surface area (Å²) in [6.07, 6.45) is 0. The molecule has 0 aliphatic heterocycles. The number of benzene rings is 7. The molecular weight excluding hydrogens is 501 g/mol. The van der Waals surface area contributed by atoms with E-state index in [2.05, 4.69) is 133 Å². The van der Waals surface area contributed by atoms with Crippen molar-refractivity contribution in [2.24, 2.45) is 0 Å². The number of aryl methyl sites for hydroxylation is 1. The zero-order chi connectivity index (χ0) is 27.5. The number of hydrogen-bond acceptors (Lipinski definition) is 0. The predicted octanol–water partition coefficient (Wildman–Crippen LogP) is 10.9. The van der Waals surface area contributed by atoms with Gasteiger partial charge in [0, 0.05) is 16.5 Å². The zero-order valence-corrected chi connectivity index (χ0v) is 22.6. The van der Waals surface area contributed by atoms with Gasteiger partial charge in [-0.2, -0.15) is 0 Å². The molecule has 0 saturated heterocycles. The Bertz CT molecular complexity index is 2160. The molecule has 0 spiro atoms. The van der Waals surface area contributed by atoms with Crippen LogP contribution < -0.4 is 0 Å². The third-order valence-electron chi connectivity index (χ3n) is 8.39. The molecule has 0 unspecified atom stereocenters. The zero-order valence-electron chi connectivity index (χ0n) is 22.6. The lowest BCUT2D eigenvalue weighted by molar-refractivity contribution is 0.628. The number of aromatic nitrogens is 1. The molecule has 0 saturated carbocycles. The van der Waals surface area contributed by atoms with Gasteiger partial charge in [0.1, 0.15) is 5.82 Å². The summed E-state index contributed by atoms with van der Waals surface area (Å²) in [4.78, 5) is 0. The van der Waals surface area contributed by atoms with E-state index in [9.17, 15) is 4.39 Å². The van der Waals surface area contributed by atoms with Gasteiger partial charge in [-0.1, -0.05) is 103 Å². The molecule has 0 aliphatic rings. The highest BCUT2D eigenvalue weighted by Gasteiger charge is 2.18. The number of halogens is 1. The van der Waals surface area contributed by atoms with Crippen molar-refractivity contribution in [3.63, 3.8) is 0 Å². The van der Waals surface area contributed by atoms with Gasteiger partial charge in [0.15, 0.2) is 0 Å². The monoisotopic (exact) mass is 527 g/mol. The molecular formula is C39H26FN.